The lowest BCUT2D eigenvalue weighted by atomic mass is 9.88. The predicted octanol–water partition coefficient (Wildman–Crippen LogP) is 0.800. The summed E-state index contributed by atoms with van der Waals surface area (Å²) in [5.74, 6) is 0.291. The van der Waals surface area contributed by atoms with Crippen LogP contribution in [0.3, 0.4) is 0 Å². The lowest BCUT2D eigenvalue weighted by Gasteiger charge is -2.37. The van der Waals surface area contributed by atoms with Crippen LogP contribution in [0, 0.1) is 5.92 Å². The molecule has 1 unspecified atom stereocenters. The van der Waals surface area contributed by atoms with E-state index in [1.54, 1.807) is 0 Å². The quantitative estimate of drug-likeness (QED) is 0.837. The molecule has 2 aliphatic heterocycles. The highest BCUT2D eigenvalue weighted by Crippen LogP contribution is 2.32. The molecular weight excluding hydrogens is 276 g/mol. The molecule has 0 aromatic rings. The van der Waals surface area contributed by atoms with E-state index in [1.165, 1.54) is 13.8 Å². The molecule has 0 bridgehead atoms. The highest BCUT2D eigenvalue weighted by Gasteiger charge is 2.45. The summed E-state index contributed by atoms with van der Waals surface area (Å²) in [6.45, 7) is 5.76. The molecule has 1 atom stereocenters. The van der Waals surface area contributed by atoms with E-state index in [2.05, 4.69) is 5.32 Å². The maximum atomic E-state index is 12.7. The summed E-state index contributed by atoms with van der Waals surface area (Å²) < 4.78 is 22.4. The van der Waals surface area contributed by atoms with Gasteiger partial charge in [-0.2, -0.15) is 0 Å². The van der Waals surface area contributed by atoms with Gasteiger partial charge in [0.1, 0.15) is 4.75 Å². The number of likely N-dealkylation sites (tertiary alicyclic amines) is 1. The van der Waals surface area contributed by atoms with Crippen LogP contribution in [0.25, 0.3) is 0 Å². The fourth-order valence-electron chi connectivity index (χ4n) is 3.27. The van der Waals surface area contributed by atoms with E-state index in [0.29, 0.717) is 12.5 Å². The van der Waals surface area contributed by atoms with Gasteiger partial charge in [0.25, 0.3) is 0 Å². The summed E-state index contributed by atoms with van der Waals surface area (Å²) in [5.41, 5.74) is 0. The van der Waals surface area contributed by atoms with Gasteiger partial charge in [-0.25, -0.2) is 8.42 Å². The highest BCUT2D eigenvalue weighted by atomic mass is 32.2. The Balaban J connectivity index is 2.16. The third-order valence-corrected chi connectivity index (χ3v) is 6.96. The Morgan fingerprint density at radius 1 is 1.20 bits per heavy atom. The molecule has 2 heterocycles. The van der Waals surface area contributed by atoms with Crippen LogP contribution in [-0.4, -0.2) is 55.9 Å². The summed E-state index contributed by atoms with van der Waals surface area (Å²) in [4.78, 5) is 14.5. The van der Waals surface area contributed by atoms with E-state index in [-0.39, 0.29) is 11.9 Å². The normalized spacial score (nSPS) is 25.9. The van der Waals surface area contributed by atoms with Crippen molar-refractivity contribution in [3.63, 3.8) is 0 Å². The second-order valence-corrected chi connectivity index (χ2v) is 9.14. The monoisotopic (exact) mass is 302 g/mol. The number of hydrogen-bond acceptors (Lipinski definition) is 4. The lowest BCUT2D eigenvalue weighted by Crippen LogP contribution is -2.53. The smallest absolute Gasteiger partial charge is 0.243 e. The first kappa shape index (κ1) is 15.8. The zero-order valence-electron chi connectivity index (χ0n) is 12.7. The van der Waals surface area contributed by atoms with E-state index in [1.807, 2.05) is 4.90 Å². The average Bonchev–Trinajstić information content (AvgIpc) is 2.86. The van der Waals surface area contributed by atoms with E-state index in [0.717, 1.165) is 45.0 Å². The molecule has 0 radical (unpaired) electrons. The minimum absolute atomic E-state index is 0.221. The minimum Gasteiger partial charge on any atom is -0.338 e. The van der Waals surface area contributed by atoms with Crippen LogP contribution in [0.4, 0.5) is 0 Å². The van der Waals surface area contributed by atoms with Crippen LogP contribution in [0.2, 0.25) is 0 Å². The Morgan fingerprint density at radius 2 is 1.80 bits per heavy atom. The summed E-state index contributed by atoms with van der Waals surface area (Å²) >= 11 is 0. The second kappa shape index (κ2) is 5.64. The van der Waals surface area contributed by atoms with Gasteiger partial charge in [-0.05, 0) is 58.5 Å². The maximum absolute atomic E-state index is 12.7. The average molecular weight is 302 g/mol. The van der Waals surface area contributed by atoms with Gasteiger partial charge in [0.05, 0.1) is 0 Å². The van der Waals surface area contributed by atoms with Gasteiger partial charge in [0.2, 0.25) is 5.91 Å². The van der Waals surface area contributed by atoms with E-state index >= 15 is 0 Å². The van der Waals surface area contributed by atoms with Crippen LogP contribution >= 0.6 is 0 Å². The van der Waals surface area contributed by atoms with Crippen molar-refractivity contribution < 1.29 is 13.2 Å². The van der Waals surface area contributed by atoms with Crippen LogP contribution < -0.4 is 5.32 Å². The molecule has 0 aliphatic carbocycles. The lowest BCUT2D eigenvalue weighted by molar-refractivity contribution is -0.135. The largest absolute Gasteiger partial charge is 0.338 e. The third kappa shape index (κ3) is 2.86. The number of carbonyl (C=O) groups is 1. The molecule has 2 aliphatic rings. The molecule has 2 rings (SSSR count). The van der Waals surface area contributed by atoms with Gasteiger partial charge < -0.3 is 10.2 Å². The molecule has 6 heteroatoms. The Bertz CT molecular complexity index is 467. The van der Waals surface area contributed by atoms with Crippen molar-refractivity contribution in [2.75, 3.05) is 25.9 Å². The molecule has 2 fully saturated rings. The molecular formula is C14H26N2O3S. The molecule has 0 saturated carbocycles. The summed E-state index contributed by atoms with van der Waals surface area (Å²) in [6, 6.07) is 0.227. The Labute approximate surface area is 122 Å². The van der Waals surface area contributed by atoms with Crippen LogP contribution in [0.1, 0.15) is 39.5 Å². The van der Waals surface area contributed by atoms with Crippen LogP contribution in [0.5, 0.6) is 0 Å². The number of nitrogens with one attached hydrogen (secondary N) is 1. The fourth-order valence-corrected chi connectivity index (χ4v) is 3.70. The molecule has 2 saturated heterocycles. The first-order chi connectivity index (χ1) is 9.25. The maximum Gasteiger partial charge on any atom is 0.243 e. The standard InChI is InChI=1S/C14H26N2O3S/c1-14(2,20(3,18)19)13(17)16-10-4-5-12(16)11-6-8-15-9-7-11/h11-12,15H,4-10H2,1-3H3. The minimum atomic E-state index is -3.40. The molecule has 20 heavy (non-hydrogen) atoms. The molecule has 5 nitrogen and oxygen atoms in total. The van der Waals surface area contributed by atoms with Crippen molar-refractivity contribution in [2.45, 2.75) is 50.3 Å². The summed E-state index contributed by atoms with van der Waals surface area (Å²) in [6.07, 6.45) is 5.30. The van der Waals surface area contributed by atoms with E-state index in [9.17, 15) is 13.2 Å². The van der Waals surface area contributed by atoms with Gasteiger partial charge >= 0.3 is 0 Å². The SMILES string of the molecule is CC(C)(C(=O)N1CCCC1C1CCNCC1)S(C)(=O)=O. The fraction of sp³-hybridized carbons (Fsp3) is 0.929. The van der Waals surface area contributed by atoms with Crippen molar-refractivity contribution in [1.82, 2.24) is 10.2 Å². The van der Waals surface area contributed by atoms with Crippen molar-refractivity contribution in [1.29, 1.82) is 0 Å². The zero-order valence-corrected chi connectivity index (χ0v) is 13.5. The number of sulfone groups is 1. The molecule has 116 valence electrons. The van der Waals surface area contributed by atoms with Gasteiger partial charge in [-0.1, -0.05) is 0 Å². The van der Waals surface area contributed by atoms with Gasteiger partial charge in [0.15, 0.2) is 9.84 Å². The third-order valence-electron chi connectivity index (χ3n) is 4.93. The van der Waals surface area contributed by atoms with E-state index < -0.39 is 14.6 Å². The van der Waals surface area contributed by atoms with Gasteiger partial charge in [0, 0.05) is 18.8 Å². The van der Waals surface area contributed by atoms with Gasteiger partial charge in [-0.15, -0.1) is 0 Å². The molecule has 1 N–H and O–H groups in total. The van der Waals surface area contributed by atoms with Crippen molar-refractivity contribution >= 4 is 15.7 Å². The second-order valence-electron chi connectivity index (χ2n) is 6.58. The first-order valence-electron chi connectivity index (χ1n) is 7.46. The molecule has 0 aromatic carbocycles. The van der Waals surface area contributed by atoms with Crippen molar-refractivity contribution in [3.8, 4) is 0 Å². The number of rotatable bonds is 3. The molecule has 1 amide bonds. The van der Waals surface area contributed by atoms with Gasteiger partial charge in [-0.3, -0.25) is 4.79 Å². The molecule has 0 aromatic heterocycles. The van der Waals surface area contributed by atoms with Crippen LogP contribution in [-0.2, 0) is 14.6 Å². The predicted molar refractivity (Wildman–Crippen MR) is 79.3 cm³/mol. The topological polar surface area (TPSA) is 66.5 Å². The Kier molecular flexibility index (Phi) is 4.44. The van der Waals surface area contributed by atoms with Crippen LogP contribution in [0.15, 0.2) is 0 Å². The zero-order chi connectivity index (χ0) is 15.0. The number of hydrogen-bond donors (Lipinski definition) is 1. The van der Waals surface area contributed by atoms with Crippen molar-refractivity contribution in [2.24, 2.45) is 5.92 Å². The first-order valence-corrected chi connectivity index (χ1v) is 9.35. The number of nitrogens with zero attached hydrogens (tertiary/aromatic N) is 1. The van der Waals surface area contributed by atoms with E-state index in [4.69, 9.17) is 0 Å². The Hall–Kier alpha value is -0.620. The Morgan fingerprint density at radius 3 is 2.35 bits per heavy atom. The number of carbonyl (C=O) groups excluding carboxylic acids is 1. The van der Waals surface area contributed by atoms with Crippen molar-refractivity contribution in [3.05, 3.63) is 0 Å². The summed E-state index contributed by atoms with van der Waals surface area (Å²) in [5, 5.41) is 3.34. The number of piperidine rings is 1. The molecule has 0 spiro atoms. The highest BCUT2D eigenvalue weighted by molar-refractivity contribution is 7.92. The number of amides is 1. The summed E-state index contributed by atoms with van der Waals surface area (Å²) in [7, 11) is -3.40.